The van der Waals surface area contributed by atoms with Crippen molar-refractivity contribution in [2.75, 3.05) is 5.32 Å². The lowest BCUT2D eigenvalue weighted by molar-refractivity contribution is 0.490. The average Bonchev–Trinajstić information content (AvgIpc) is 2.72. The molecule has 0 bridgehead atoms. The van der Waals surface area contributed by atoms with E-state index in [0.717, 1.165) is 28.3 Å². The van der Waals surface area contributed by atoms with Crippen LogP contribution >= 0.6 is 12.2 Å². The van der Waals surface area contributed by atoms with Gasteiger partial charge in [0.05, 0.1) is 6.54 Å². The summed E-state index contributed by atoms with van der Waals surface area (Å²) in [4.78, 5) is 0.396. The number of furan rings is 1. The summed E-state index contributed by atoms with van der Waals surface area (Å²) >= 11 is 5.04. The van der Waals surface area contributed by atoms with Gasteiger partial charge in [0.25, 0.3) is 0 Å². The Morgan fingerprint density at radius 2 is 2.06 bits per heavy atom. The van der Waals surface area contributed by atoms with E-state index in [0.29, 0.717) is 11.5 Å². The Bertz CT molecular complexity index is 575. The zero-order chi connectivity index (χ0) is 13.1. The van der Waals surface area contributed by atoms with Crippen LogP contribution in [0.15, 0.2) is 34.7 Å². The number of thiocarbonyl (C=S) groups is 1. The minimum absolute atomic E-state index is 0.396. The molecular formula is C14H16N2OS. The molecule has 2 rings (SSSR count). The third-order valence-electron chi connectivity index (χ3n) is 2.69. The van der Waals surface area contributed by atoms with E-state index >= 15 is 0 Å². The van der Waals surface area contributed by atoms with Gasteiger partial charge in [-0.1, -0.05) is 18.3 Å². The minimum atomic E-state index is 0.396. The van der Waals surface area contributed by atoms with Gasteiger partial charge in [0, 0.05) is 11.3 Å². The lowest BCUT2D eigenvalue weighted by Gasteiger charge is -2.11. The van der Waals surface area contributed by atoms with Gasteiger partial charge in [-0.2, -0.15) is 0 Å². The Balaban J connectivity index is 2.17. The molecule has 1 aromatic carbocycles. The third-order valence-corrected chi connectivity index (χ3v) is 2.91. The Kier molecular flexibility index (Phi) is 3.67. The van der Waals surface area contributed by atoms with Crippen LogP contribution in [-0.4, -0.2) is 4.99 Å². The topological polar surface area (TPSA) is 51.2 Å². The maximum absolute atomic E-state index is 5.71. The van der Waals surface area contributed by atoms with Gasteiger partial charge in [0.15, 0.2) is 0 Å². The third kappa shape index (κ3) is 2.90. The highest BCUT2D eigenvalue weighted by Crippen LogP contribution is 2.19. The lowest BCUT2D eigenvalue weighted by atomic mass is 10.1. The van der Waals surface area contributed by atoms with Gasteiger partial charge >= 0.3 is 0 Å². The van der Waals surface area contributed by atoms with Crippen LogP contribution in [-0.2, 0) is 6.54 Å². The molecule has 3 N–H and O–H groups in total. The Hall–Kier alpha value is -1.81. The largest absolute Gasteiger partial charge is 0.465 e. The quantitative estimate of drug-likeness (QED) is 0.829. The van der Waals surface area contributed by atoms with Gasteiger partial charge in [-0.3, -0.25) is 0 Å². The SMILES string of the molecule is Cc1ccc(C(N)=S)c(NCc2ccc(C)o2)c1. The van der Waals surface area contributed by atoms with Crippen molar-refractivity contribution in [2.45, 2.75) is 20.4 Å². The molecule has 3 nitrogen and oxygen atoms in total. The van der Waals surface area contributed by atoms with Crippen LogP contribution < -0.4 is 11.1 Å². The summed E-state index contributed by atoms with van der Waals surface area (Å²) in [6.45, 7) is 4.58. The fourth-order valence-electron chi connectivity index (χ4n) is 1.78. The van der Waals surface area contributed by atoms with Crippen LogP contribution in [0.3, 0.4) is 0 Å². The van der Waals surface area contributed by atoms with Gasteiger partial charge < -0.3 is 15.5 Å². The van der Waals surface area contributed by atoms with Crippen molar-refractivity contribution in [3.05, 3.63) is 53.0 Å². The number of anilines is 1. The summed E-state index contributed by atoms with van der Waals surface area (Å²) in [5, 5.41) is 3.30. The first-order valence-corrected chi connectivity index (χ1v) is 6.17. The van der Waals surface area contributed by atoms with E-state index in [-0.39, 0.29) is 0 Å². The fourth-order valence-corrected chi connectivity index (χ4v) is 1.96. The number of nitrogens with two attached hydrogens (primary N) is 1. The monoisotopic (exact) mass is 260 g/mol. The highest BCUT2D eigenvalue weighted by atomic mass is 32.1. The molecule has 0 aliphatic rings. The second-order valence-electron chi connectivity index (χ2n) is 4.28. The van der Waals surface area contributed by atoms with Gasteiger partial charge in [-0.15, -0.1) is 0 Å². The highest BCUT2D eigenvalue weighted by Gasteiger charge is 2.06. The first-order chi connectivity index (χ1) is 8.56. The Morgan fingerprint density at radius 3 is 2.67 bits per heavy atom. The molecule has 18 heavy (non-hydrogen) atoms. The standard InChI is InChI=1S/C14H16N2OS/c1-9-3-6-12(14(15)18)13(7-9)16-8-11-5-4-10(2)17-11/h3-7,16H,8H2,1-2H3,(H2,15,18). The summed E-state index contributed by atoms with van der Waals surface area (Å²) in [7, 11) is 0. The lowest BCUT2D eigenvalue weighted by Crippen LogP contribution is -2.13. The molecule has 0 saturated carbocycles. The number of hydrogen-bond donors (Lipinski definition) is 2. The Labute approximate surface area is 112 Å². The minimum Gasteiger partial charge on any atom is -0.465 e. The van der Waals surface area contributed by atoms with Crippen LogP contribution in [0, 0.1) is 13.8 Å². The molecule has 0 fully saturated rings. The molecule has 2 aromatic rings. The van der Waals surface area contributed by atoms with Crippen molar-refractivity contribution in [1.29, 1.82) is 0 Å². The Morgan fingerprint density at radius 1 is 1.28 bits per heavy atom. The second kappa shape index (κ2) is 5.23. The molecule has 0 aliphatic heterocycles. The van der Waals surface area contributed by atoms with Crippen LogP contribution in [0.1, 0.15) is 22.6 Å². The first kappa shape index (κ1) is 12.6. The molecule has 4 heteroatoms. The van der Waals surface area contributed by atoms with E-state index in [1.165, 1.54) is 0 Å². The van der Waals surface area contributed by atoms with E-state index in [9.17, 15) is 0 Å². The van der Waals surface area contributed by atoms with Crippen LogP contribution in [0.4, 0.5) is 5.69 Å². The molecule has 0 atom stereocenters. The first-order valence-electron chi connectivity index (χ1n) is 5.76. The van der Waals surface area contributed by atoms with E-state index in [1.807, 2.05) is 44.2 Å². The number of rotatable bonds is 4. The van der Waals surface area contributed by atoms with Crippen molar-refractivity contribution in [2.24, 2.45) is 5.73 Å². The zero-order valence-corrected chi connectivity index (χ0v) is 11.3. The van der Waals surface area contributed by atoms with E-state index in [4.69, 9.17) is 22.4 Å². The molecule has 94 valence electrons. The number of hydrogen-bond acceptors (Lipinski definition) is 3. The van der Waals surface area contributed by atoms with Crippen molar-refractivity contribution < 1.29 is 4.42 Å². The zero-order valence-electron chi connectivity index (χ0n) is 10.5. The smallest absolute Gasteiger partial charge is 0.123 e. The molecule has 0 spiro atoms. The molecule has 0 saturated heterocycles. The second-order valence-corrected chi connectivity index (χ2v) is 4.72. The predicted molar refractivity (Wildman–Crippen MR) is 77.8 cm³/mol. The highest BCUT2D eigenvalue weighted by molar-refractivity contribution is 7.80. The average molecular weight is 260 g/mol. The summed E-state index contributed by atoms with van der Waals surface area (Å²) < 4.78 is 5.51. The van der Waals surface area contributed by atoms with Gasteiger partial charge in [0.2, 0.25) is 0 Å². The van der Waals surface area contributed by atoms with E-state index in [2.05, 4.69) is 5.32 Å². The van der Waals surface area contributed by atoms with Crippen LogP contribution in [0.2, 0.25) is 0 Å². The van der Waals surface area contributed by atoms with Crippen molar-refractivity contribution in [1.82, 2.24) is 0 Å². The van der Waals surface area contributed by atoms with Crippen molar-refractivity contribution in [3.63, 3.8) is 0 Å². The van der Waals surface area contributed by atoms with E-state index in [1.54, 1.807) is 0 Å². The molecule has 1 aromatic heterocycles. The molecule has 1 heterocycles. The molecule has 0 aliphatic carbocycles. The maximum Gasteiger partial charge on any atom is 0.123 e. The molecular weight excluding hydrogens is 244 g/mol. The molecule has 0 amide bonds. The summed E-state index contributed by atoms with van der Waals surface area (Å²) in [5.74, 6) is 1.80. The van der Waals surface area contributed by atoms with Crippen LogP contribution in [0.25, 0.3) is 0 Å². The number of aryl methyl sites for hydroxylation is 2. The molecule has 0 radical (unpaired) electrons. The van der Waals surface area contributed by atoms with Crippen molar-refractivity contribution >= 4 is 22.9 Å². The summed E-state index contributed by atoms with van der Waals surface area (Å²) in [5.41, 5.74) is 8.67. The maximum atomic E-state index is 5.71. The van der Waals surface area contributed by atoms with Gasteiger partial charge in [-0.25, -0.2) is 0 Å². The normalized spacial score (nSPS) is 10.3. The molecule has 0 unspecified atom stereocenters. The van der Waals surface area contributed by atoms with Crippen molar-refractivity contribution in [3.8, 4) is 0 Å². The number of nitrogens with one attached hydrogen (secondary N) is 1. The van der Waals surface area contributed by atoms with Gasteiger partial charge in [0.1, 0.15) is 16.5 Å². The number of benzene rings is 1. The summed E-state index contributed by atoms with van der Waals surface area (Å²) in [6, 6.07) is 9.87. The summed E-state index contributed by atoms with van der Waals surface area (Å²) in [6.07, 6.45) is 0. The van der Waals surface area contributed by atoms with E-state index < -0.39 is 0 Å². The predicted octanol–water partition coefficient (Wildman–Crippen LogP) is 3.14. The fraction of sp³-hybridized carbons (Fsp3) is 0.214. The van der Waals surface area contributed by atoms with Gasteiger partial charge in [-0.05, 0) is 43.7 Å². The van der Waals surface area contributed by atoms with Crippen LogP contribution in [0.5, 0.6) is 0 Å².